The number of ether oxygens (including phenoxy) is 3. The van der Waals surface area contributed by atoms with Gasteiger partial charge >= 0.3 is 11.9 Å². The molecule has 64 heavy (non-hydrogen) atoms. The fourth-order valence-corrected chi connectivity index (χ4v) is 7.13. The van der Waals surface area contributed by atoms with Gasteiger partial charge in [0, 0.05) is 19.4 Å². The van der Waals surface area contributed by atoms with Crippen LogP contribution in [0.4, 0.5) is 0 Å². The van der Waals surface area contributed by atoms with Crippen molar-refractivity contribution < 1.29 is 23.8 Å². The van der Waals surface area contributed by atoms with E-state index in [1.165, 1.54) is 96.3 Å². The van der Waals surface area contributed by atoms with Crippen molar-refractivity contribution in [3.05, 3.63) is 97.2 Å². The van der Waals surface area contributed by atoms with Gasteiger partial charge in [-0.2, -0.15) is 0 Å². The molecule has 0 aromatic rings. The van der Waals surface area contributed by atoms with E-state index in [1.54, 1.807) is 0 Å². The van der Waals surface area contributed by atoms with Crippen molar-refractivity contribution in [1.29, 1.82) is 0 Å². The highest BCUT2D eigenvalue weighted by atomic mass is 16.6. The van der Waals surface area contributed by atoms with Crippen LogP contribution in [-0.4, -0.2) is 37.9 Å². The minimum Gasteiger partial charge on any atom is -0.462 e. The van der Waals surface area contributed by atoms with Gasteiger partial charge in [-0.3, -0.25) is 9.59 Å². The van der Waals surface area contributed by atoms with Gasteiger partial charge in [-0.25, -0.2) is 0 Å². The maximum Gasteiger partial charge on any atom is 0.306 e. The van der Waals surface area contributed by atoms with E-state index in [0.29, 0.717) is 19.4 Å². The topological polar surface area (TPSA) is 61.8 Å². The van der Waals surface area contributed by atoms with E-state index < -0.39 is 6.10 Å². The first-order chi connectivity index (χ1) is 31.6. The van der Waals surface area contributed by atoms with E-state index in [-0.39, 0.29) is 25.2 Å². The Balaban J connectivity index is 4.31. The summed E-state index contributed by atoms with van der Waals surface area (Å²) in [5, 5.41) is 0. The lowest BCUT2D eigenvalue weighted by Crippen LogP contribution is -2.30. The zero-order chi connectivity index (χ0) is 46.3. The first kappa shape index (κ1) is 60.8. The van der Waals surface area contributed by atoms with Crippen molar-refractivity contribution in [3.8, 4) is 0 Å². The second-order valence-corrected chi connectivity index (χ2v) is 17.4. The maximum atomic E-state index is 12.8. The number of esters is 2. The van der Waals surface area contributed by atoms with E-state index in [1.807, 2.05) is 0 Å². The van der Waals surface area contributed by atoms with Crippen molar-refractivity contribution >= 4 is 11.9 Å². The van der Waals surface area contributed by atoms with Crippen LogP contribution in [-0.2, 0) is 23.8 Å². The van der Waals surface area contributed by atoms with Crippen molar-refractivity contribution in [3.63, 3.8) is 0 Å². The lowest BCUT2D eigenvalue weighted by molar-refractivity contribution is -0.163. The predicted molar refractivity (Wildman–Crippen MR) is 279 cm³/mol. The van der Waals surface area contributed by atoms with Gasteiger partial charge in [0.15, 0.2) is 6.10 Å². The van der Waals surface area contributed by atoms with E-state index in [0.717, 1.165) is 109 Å². The molecule has 0 fully saturated rings. The standard InChI is InChI=1S/C59H100O5/c1-4-7-10-13-16-19-22-24-26-28-30-32-34-36-38-40-43-46-49-52-58(60)63-56-57(55-62-54-51-48-45-42-21-18-15-12-9-6-3)64-59(61)53-50-47-44-41-39-37-35-33-31-29-27-25-23-20-17-14-11-8-5-2/h7,10,16-17,19-20,24-27,30-33,36,38,57H,4-6,8-9,11-15,18,21-23,28-29,34-35,37,39-56H2,1-3H3/b10-7-,19-16-,20-17-,26-24-,27-25-,32-30-,33-31-,38-36-. The first-order valence-electron chi connectivity index (χ1n) is 26.8. The van der Waals surface area contributed by atoms with Crippen LogP contribution in [0.1, 0.15) is 239 Å². The van der Waals surface area contributed by atoms with Gasteiger partial charge in [0.25, 0.3) is 0 Å². The molecule has 0 spiro atoms. The number of hydrogen-bond donors (Lipinski definition) is 0. The van der Waals surface area contributed by atoms with Crippen molar-refractivity contribution in [2.75, 3.05) is 19.8 Å². The molecular formula is C59H100O5. The molecule has 0 aromatic heterocycles. The first-order valence-corrected chi connectivity index (χ1v) is 26.8. The molecule has 1 atom stereocenters. The Morgan fingerprint density at radius 1 is 0.359 bits per heavy atom. The molecule has 366 valence electrons. The largest absolute Gasteiger partial charge is 0.462 e. The molecule has 0 bridgehead atoms. The molecule has 0 aromatic carbocycles. The number of carbonyl (C=O) groups excluding carboxylic acids is 2. The zero-order valence-electron chi connectivity index (χ0n) is 42.0. The summed E-state index contributed by atoms with van der Waals surface area (Å²) in [5.74, 6) is -0.449. The summed E-state index contributed by atoms with van der Waals surface area (Å²) < 4.78 is 17.4. The number of allylic oxidation sites excluding steroid dienone is 16. The van der Waals surface area contributed by atoms with Crippen LogP contribution in [0.3, 0.4) is 0 Å². The molecule has 5 heteroatoms. The van der Waals surface area contributed by atoms with Gasteiger partial charge in [-0.1, -0.05) is 221 Å². The molecule has 0 amide bonds. The summed E-state index contributed by atoms with van der Waals surface area (Å²) in [6, 6.07) is 0. The van der Waals surface area contributed by atoms with Crippen LogP contribution in [0.15, 0.2) is 97.2 Å². The summed E-state index contributed by atoms with van der Waals surface area (Å²) in [7, 11) is 0. The normalized spacial score (nSPS) is 13.0. The fourth-order valence-electron chi connectivity index (χ4n) is 7.13. The minimum absolute atomic E-state index is 0.0594. The Kier molecular flexibility index (Phi) is 51.5. The highest BCUT2D eigenvalue weighted by Gasteiger charge is 2.17. The van der Waals surface area contributed by atoms with Gasteiger partial charge in [-0.05, 0) is 103 Å². The highest BCUT2D eigenvalue weighted by Crippen LogP contribution is 2.13. The third-order valence-corrected chi connectivity index (χ3v) is 11.1. The Labute approximate surface area is 396 Å². The number of carbonyl (C=O) groups is 2. The molecule has 0 aliphatic rings. The molecule has 0 radical (unpaired) electrons. The number of hydrogen-bond acceptors (Lipinski definition) is 5. The molecule has 0 aliphatic carbocycles. The van der Waals surface area contributed by atoms with Crippen LogP contribution in [0.2, 0.25) is 0 Å². The lowest BCUT2D eigenvalue weighted by Gasteiger charge is -2.18. The highest BCUT2D eigenvalue weighted by molar-refractivity contribution is 5.70. The third kappa shape index (κ3) is 51.5. The molecule has 1 unspecified atom stereocenters. The van der Waals surface area contributed by atoms with Crippen LogP contribution in [0, 0.1) is 0 Å². The Morgan fingerprint density at radius 3 is 1.17 bits per heavy atom. The summed E-state index contributed by atoms with van der Waals surface area (Å²) in [4.78, 5) is 25.4. The van der Waals surface area contributed by atoms with Crippen molar-refractivity contribution in [1.82, 2.24) is 0 Å². The monoisotopic (exact) mass is 889 g/mol. The minimum atomic E-state index is -0.560. The third-order valence-electron chi connectivity index (χ3n) is 11.1. The molecule has 5 nitrogen and oxygen atoms in total. The van der Waals surface area contributed by atoms with Gasteiger partial charge in [0.1, 0.15) is 6.61 Å². The van der Waals surface area contributed by atoms with Gasteiger partial charge in [-0.15, -0.1) is 0 Å². The molecular weight excluding hydrogens is 789 g/mol. The van der Waals surface area contributed by atoms with E-state index in [9.17, 15) is 9.59 Å². The Bertz CT molecular complexity index is 1230. The maximum absolute atomic E-state index is 12.8. The summed E-state index contributed by atoms with van der Waals surface area (Å²) in [5.41, 5.74) is 0. The molecule has 0 saturated carbocycles. The second kappa shape index (κ2) is 54.2. The molecule has 0 N–H and O–H groups in total. The molecule has 0 heterocycles. The van der Waals surface area contributed by atoms with Crippen molar-refractivity contribution in [2.24, 2.45) is 0 Å². The molecule has 0 saturated heterocycles. The van der Waals surface area contributed by atoms with Crippen molar-refractivity contribution in [2.45, 2.75) is 245 Å². The average molecular weight is 889 g/mol. The van der Waals surface area contributed by atoms with Gasteiger partial charge in [0.05, 0.1) is 6.61 Å². The number of unbranched alkanes of at least 4 members (excludes halogenated alkanes) is 21. The Hall–Kier alpha value is -3.18. The fraction of sp³-hybridized carbons (Fsp3) is 0.695. The van der Waals surface area contributed by atoms with E-state index in [4.69, 9.17) is 14.2 Å². The van der Waals surface area contributed by atoms with Gasteiger partial charge < -0.3 is 14.2 Å². The second-order valence-electron chi connectivity index (χ2n) is 17.4. The summed E-state index contributed by atoms with van der Waals surface area (Å²) in [6.07, 6.45) is 72.7. The SMILES string of the molecule is CC/C=C\C/C=C\C/C=C\C/C=C\C/C=C\CCCCCC(=O)OCC(COCCCCCCCCCCCC)OC(=O)CCCCCCCC/C=C\C/C=C\C/C=C\CCCCC. The van der Waals surface area contributed by atoms with E-state index in [2.05, 4.69) is 118 Å². The van der Waals surface area contributed by atoms with E-state index >= 15 is 0 Å². The van der Waals surface area contributed by atoms with Crippen LogP contribution >= 0.6 is 0 Å². The lowest BCUT2D eigenvalue weighted by atomic mass is 10.1. The van der Waals surface area contributed by atoms with Crippen LogP contribution in [0.25, 0.3) is 0 Å². The average Bonchev–Trinajstić information content (AvgIpc) is 3.30. The smallest absolute Gasteiger partial charge is 0.306 e. The Morgan fingerprint density at radius 2 is 0.703 bits per heavy atom. The van der Waals surface area contributed by atoms with Gasteiger partial charge in [0.2, 0.25) is 0 Å². The number of rotatable bonds is 48. The molecule has 0 rings (SSSR count). The summed E-state index contributed by atoms with van der Waals surface area (Å²) in [6.45, 7) is 7.64. The van der Waals surface area contributed by atoms with Crippen LogP contribution < -0.4 is 0 Å². The molecule has 0 aliphatic heterocycles. The zero-order valence-corrected chi connectivity index (χ0v) is 42.0. The van der Waals surface area contributed by atoms with Crippen LogP contribution in [0.5, 0.6) is 0 Å². The predicted octanol–water partition coefficient (Wildman–Crippen LogP) is 18.2. The summed E-state index contributed by atoms with van der Waals surface area (Å²) >= 11 is 0. The quantitative estimate of drug-likeness (QED) is 0.0346.